The molecule has 0 aliphatic heterocycles. The number of benzene rings is 1. The fourth-order valence-electron chi connectivity index (χ4n) is 3.86. The maximum atomic E-state index is 15.0. The zero-order valence-electron chi connectivity index (χ0n) is 19.6. The van der Waals surface area contributed by atoms with Crippen molar-refractivity contribution in [1.82, 2.24) is 25.6 Å². The zero-order chi connectivity index (χ0) is 26.2. The van der Waals surface area contributed by atoms with Gasteiger partial charge in [0, 0.05) is 41.9 Å². The predicted molar refractivity (Wildman–Crippen MR) is 134 cm³/mol. The van der Waals surface area contributed by atoms with Gasteiger partial charge in [0.1, 0.15) is 22.9 Å². The fraction of sp³-hybridized carbons (Fsp3) is 0.417. The highest BCUT2D eigenvalue weighted by Crippen LogP contribution is 2.39. The van der Waals surface area contributed by atoms with Gasteiger partial charge in [-0.3, -0.25) is 9.59 Å². The summed E-state index contributed by atoms with van der Waals surface area (Å²) in [6.45, 7) is -0.393. The number of halogens is 1. The molecule has 5 rings (SSSR count). The van der Waals surface area contributed by atoms with Crippen molar-refractivity contribution in [1.29, 1.82) is 0 Å². The summed E-state index contributed by atoms with van der Waals surface area (Å²) in [6.07, 6.45) is 7.05. The number of thiazole rings is 1. The van der Waals surface area contributed by atoms with Crippen LogP contribution in [0, 0.1) is 5.82 Å². The third-order valence-corrected chi connectivity index (χ3v) is 9.32. The van der Waals surface area contributed by atoms with Gasteiger partial charge in [0.15, 0.2) is 15.1 Å². The molecule has 13 heteroatoms. The van der Waals surface area contributed by atoms with Crippen LogP contribution in [0.15, 0.2) is 24.5 Å². The molecule has 2 heterocycles. The lowest BCUT2D eigenvalue weighted by Crippen LogP contribution is -2.41. The van der Waals surface area contributed by atoms with Crippen LogP contribution in [-0.4, -0.2) is 59.8 Å². The van der Waals surface area contributed by atoms with Crippen LogP contribution >= 0.6 is 11.3 Å². The van der Waals surface area contributed by atoms with Crippen molar-refractivity contribution in [2.45, 2.75) is 49.3 Å². The molecule has 37 heavy (non-hydrogen) atoms. The van der Waals surface area contributed by atoms with Crippen molar-refractivity contribution in [3.05, 3.63) is 41.2 Å². The summed E-state index contributed by atoms with van der Waals surface area (Å²) in [5.41, 5.74) is 0.957. The normalized spacial score (nSPS) is 16.4. The van der Waals surface area contributed by atoms with E-state index in [9.17, 15) is 22.8 Å². The minimum atomic E-state index is -4.16. The fourth-order valence-corrected chi connectivity index (χ4v) is 6.82. The van der Waals surface area contributed by atoms with Gasteiger partial charge in [-0.2, -0.15) is 0 Å². The van der Waals surface area contributed by atoms with Gasteiger partial charge in [-0.05, 0) is 37.8 Å². The summed E-state index contributed by atoms with van der Waals surface area (Å²) < 4.78 is 41.4. The summed E-state index contributed by atoms with van der Waals surface area (Å²) in [5, 5.41) is 3.26. The molecule has 1 unspecified atom stereocenters. The second-order valence-electron chi connectivity index (χ2n) is 9.22. The molecule has 2 fully saturated rings. The number of rotatable bonds is 11. The molecule has 0 bridgehead atoms. The van der Waals surface area contributed by atoms with E-state index in [4.69, 9.17) is 0 Å². The molecular formula is C24H24FN5O5S2. The summed E-state index contributed by atoms with van der Waals surface area (Å²) in [6, 6.07) is 2.78. The smallest absolute Gasteiger partial charge is 0.245 e. The van der Waals surface area contributed by atoms with E-state index in [0.29, 0.717) is 28.0 Å². The van der Waals surface area contributed by atoms with E-state index in [-0.39, 0.29) is 23.0 Å². The maximum absolute atomic E-state index is 15.0. The van der Waals surface area contributed by atoms with Crippen LogP contribution in [-0.2, 0) is 24.2 Å². The number of fused-ring (bicyclic) bond motifs is 1. The number of nitrogens with one attached hydrogen (secondary N) is 2. The quantitative estimate of drug-likeness (QED) is 0.349. The average molecular weight is 546 g/mol. The Bertz CT molecular complexity index is 1470. The summed E-state index contributed by atoms with van der Waals surface area (Å²) in [5.74, 6) is -1.41. The molecule has 194 valence electrons. The van der Waals surface area contributed by atoms with Crippen LogP contribution in [0.25, 0.3) is 21.3 Å². The Balaban J connectivity index is 1.44. The van der Waals surface area contributed by atoms with Crippen molar-refractivity contribution in [2.75, 3.05) is 12.3 Å². The lowest BCUT2D eigenvalue weighted by molar-refractivity contribution is -0.126. The van der Waals surface area contributed by atoms with E-state index in [1.807, 2.05) is 0 Å². The van der Waals surface area contributed by atoms with Gasteiger partial charge < -0.3 is 15.4 Å². The molecule has 2 aromatic heterocycles. The Hall–Kier alpha value is -3.32. The summed E-state index contributed by atoms with van der Waals surface area (Å²) in [4.78, 5) is 48.8. The Labute approximate surface area is 216 Å². The van der Waals surface area contributed by atoms with Crippen LogP contribution in [0.4, 0.5) is 4.39 Å². The van der Waals surface area contributed by atoms with Crippen LogP contribution in [0.3, 0.4) is 0 Å². The van der Waals surface area contributed by atoms with Crippen LogP contribution < -0.4 is 10.6 Å². The predicted octanol–water partition coefficient (Wildman–Crippen LogP) is 2.21. The highest BCUT2D eigenvalue weighted by molar-refractivity contribution is 7.92. The van der Waals surface area contributed by atoms with Crippen LogP contribution in [0.5, 0.6) is 0 Å². The van der Waals surface area contributed by atoms with E-state index in [1.54, 1.807) is 12.4 Å². The molecule has 2 amide bonds. The van der Waals surface area contributed by atoms with E-state index in [2.05, 4.69) is 25.6 Å². The minimum absolute atomic E-state index is 0.0714. The van der Waals surface area contributed by atoms with E-state index >= 15 is 4.39 Å². The third kappa shape index (κ3) is 5.82. The first-order chi connectivity index (χ1) is 17.7. The van der Waals surface area contributed by atoms with Crippen molar-refractivity contribution in [3.8, 4) is 11.1 Å². The van der Waals surface area contributed by atoms with E-state index in [0.717, 1.165) is 42.8 Å². The molecule has 2 saturated carbocycles. The second-order valence-corrected chi connectivity index (χ2v) is 12.5. The molecule has 0 saturated heterocycles. The monoisotopic (exact) mass is 545 g/mol. The number of aromatic nitrogens is 3. The van der Waals surface area contributed by atoms with Crippen molar-refractivity contribution in [3.63, 3.8) is 0 Å². The molecule has 2 aliphatic rings. The molecule has 2 aliphatic carbocycles. The number of aldehydes is 1. The summed E-state index contributed by atoms with van der Waals surface area (Å²) in [7, 11) is -4.16. The van der Waals surface area contributed by atoms with E-state index in [1.165, 1.54) is 12.1 Å². The van der Waals surface area contributed by atoms with Gasteiger partial charge in [-0.15, -0.1) is 11.3 Å². The number of amides is 2. The standard InChI is InChI=1S/C24H24FN5O5S2/c25-17-9-19-18(8-16(17)14-10-26-22(27-11-14)13-2-3-13)30-24(36-19)21(37(34,35)7-1-6-31)23(33)28-12-20(32)29-15-4-5-15/h6,8-11,13,15,21H,1-5,7,12H2,(H,28,33)(H,29,32). The summed E-state index contributed by atoms with van der Waals surface area (Å²) >= 11 is 0.870. The third-order valence-electron chi connectivity index (χ3n) is 6.13. The largest absolute Gasteiger partial charge is 0.352 e. The second kappa shape index (κ2) is 10.2. The van der Waals surface area contributed by atoms with Gasteiger partial charge in [0.25, 0.3) is 0 Å². The highest BCUT2D eigenvalue weighted by atomic mass is 32.2. The molecule has 0 spiro atoms. The topological polar surface area (TPSA) is 148 Å². The van der Waals surface area contributed by atoms with Gasteiger partial charge in [0.2, 0.25) is 11.8 Å². The van der Waals surface area contributed by atoms with Gasteiger partial charge in [-0.25, -0.2) is 27.8 Å². The van der Waals surface area contributed by atoms with Crippen LogP contribution in [0.1, 0.15) is 54.1 Å². The lowest BCUT2D eigenvalue weighted by Gasteiger charge is -2.15. The first-order valence-electron chi connectivity index (χ1n) is 11.9. The average Bonchev–Trinajstić information content (AvgIpc) is 3.80. The number of hydrogen-bond donors (Lipinski definition) is 2. The van der Waals surface area contributed by atoms with Crippen molar-refractivity contribution >= 4 is 49.5 Å². The Morgan fingerprint density at radius 3 is 2.54 bits per heavy atom. The number of carbonyl (C=O) groups excluding carboxylic acids is 3. The number of hydrogen-bond acceptors (Lipinski definition) is 9. The zero-order valence-corrected chi connectivity index (χ0v) is 21.3. The maximum Gasteiger partial charge on any atom is 0.245 e. The molecule has 0 radical (unpaired) electrons. The number of carbonyl (C=O) groups is 3. The van der Waals surface area contributed by atoms with Crippen molar-refractivity contribution in [2.24, 2.45) is 0 Å². The first-order valence-corrected chi connectivity index (χ1v) is 14.4. The molecule has 2 N–H and O–H groups in total. The van der Waals surface area contributed by atoms with Gasteiger partial charge >= 0.3 is 0 Å². The van der Waals surface area contributed by atoms with Gasteiger partial charge in [-0.1, -0.05) is 0 Å². The molecule has 10 nitrogen and oxygen atoms in total. The SMILES string of the molecule is O=CCCS(=O)(=O)C(C(=O)NCC(=O)NC1CC1)c1nc2cc(-c3cnc(C4CC4)nc3)c(F)cc2s1. The Morgan fingerprint density at radius 2 is 1.89 bits per heavy atom. The molecular weight excluding hydrogens is 521 g/mol. The lowest BCUT2D eigenvalue weighted by atomic mass is 10.1. The van der Waals surface area contributed by atoms with E-state index < -0.39 is 45.0 Å². The van der Waals surface area contributed by atoms with Gasteiger partial charge in [0.05, 0.1) is 22.5 Å². The molecule has 1 aromatic carbocycles. The number of sulfone groups is 1. The molecule has 1 atom stereocenters. The van der Waals surface area contributed by atoms with Crippen molar-refractivity contribution < 1.29 is 27.2 Å². The molecule has 3 aromatic rings. The highest BCUT2D eigenvalue weighted by Gasteiger charge is 2.37. The first kappa shape index (κ1) is 25.3. The van der Waals surface area contributed by atoms with Crippen LogP contribution in [0.2, 0.25) is 0 Å². The Morgan fingerprint density at radius 1 is 1.16 bits per heavy atom. The number of nitrogens with zero attached hydrogens (tertiary/aromatic N) is 3. The Kier molecular flexibility index (Phi) is 6.99. The minimum Gasteiger partial charge on any atom is -0.352 e.